The molecule has 34 heavy (non-hydrogen) atoms. The normalized spacial score (nSPS) is 15.2. The van der Waals surface area contributed by atoms with Crippen LogP contribution in [0.15, 0.2) is 0 Å². The summed E-state index contributed by atoms with van der Waals surface area (Å²) in [6, 6.07) is -5.21. The molecular formula is C20H34N4O9S. The van der Waals surface area contributed by atoms with E-state index in [1.54, 1.807) is 13.8 Å². The number of carboxylic acid groups (broad SMARTS) is 3. The quantitative estimate of drug-likeness (QED) is 0.126. The van der Waals surface area contributed by atoms with E-state index in [9.17, 15) is 28.8 Å². The number of carbonyl (C=O) groups excluding carboxylic acids is 3. The number of rotatable bonds is 17. The third-order valence-electron chi connectivity index (χ3n) is 5.04. The molecule has 5 atom stereocenters. The number of nitrogens with two attached hydrogens (primary N) is 1. The molecule has 0 aromatic heterocycles. The molecule has 0 aromatic carbocycles. The molecule has 0 bridgehead atoms. The number of thioether (sulfide) groups is 1. The molecular weight excluding hydrogens is 472 g/mol. The SMILES string of the molecule is CCC(C)C(NC(=O)C(N)CCSC)C(=O)NC(CCC(=O)O)C(=O)NC(CC(=O)O)C(=O)O. The number of nitrogens with one attached hydrogen (secondary N) is 3. The smallest absolute Gasteiger partial charge is 0.326 e. The van der Waals surface area contributed by atoms with E-state index in [-0.39, 0.29) is 12.3 Å². The van der Waals surface area contributed by atoms with Gasteiger partial charge in [0.15, 0.2) is 0 Å². The van der Waals surface area contributed by atoms with E-state index >= 15 is 0 Å². The first-order chi connectivity index (χ1) is 15.8. The van der Waals surface area contributed by atoms with Gasteiger partial charge in [-0.1, -0.05) is 20.3 Å². The number of hydrogen-bond acceptors (Lipinski definition) is 8. The largest absolute Gasteiger partial charge is 0.481 e. The molecule has 0 aliphatic carbocycles. The minimum Gasteiger partial charge on any atom is -0.481 e. The topological polar surface area (TPSA) is 225 Å². The first kappa shape index (κ1) is 31.1. The van der Waals surface area contributed by atoms with Crippen LogP contribution < -0.4 is 21.7 Å². The van der Waals surface area contributed by atoms with Crippen LogP contribution in [-0.2, 0) is 28.8 Å². The second-order valence-electron chi connectivity index (χ2n) is 7.75. The Kier molecular flexibility index (Phi) is 14.5. The predicted molar refractivity (Wildman–Crippen MR) is 123 cm³/mol. The molecule has 194 valence electrons. The second-order valence-corrected chi connectivity index (χ2v) is 8.74. The van der Waals surface area contributed by atoms with Gasteiger partial charge in [-0.05, 0) is 30.8 Å². The van der Waals surface area contributed by atoms with Gasteiger partial charge in [0.25, 0.3) is 0 Å². The zero-order valence-corrected chi connectivity index (χ0v) is 20.2. The Morgan fingerprint density at radius 2 is 1.44 bits per heavy atom. The average molecular weight is 507 g/mol. The van der Waals surface area contributed by atoms with Crippen molar-refractivity contribution in [3.63, 3.8) is 0 Å². The lowest BCUT2D eigenvalue weighted by Gasteiger charge is -2.27. The van der Waals surface area contributed by atoms with Crippen molar-refractivity contribution >= 4 is 47.4 Å². The molecule has 0 fully saturated rings. The Morgan fingerprint density at radius 3 is 1.91 bits per heavy atom. The highest BCUT2D eigenvalue weighted by molar-refractivity contribution is 7.98. The summed E-state index contributed by atoms with van der Waals surface area (Å²) < 4.78 is 0. The summed E-state index contributed by atoms with van der Waals surface area (Å²) in [5.74, 6) is -6.50. The summed E-state index contributed by atoms with van der Waals surface area (Å²) in [5, 5.41) is 33.9. The van der Waals surface area contributed by atoms with Crippen molar-refractivity contribution < 1.29 is 44.1 Å². The predicted octanol–water partition coefficient (Wildman–Crippen LogP) is -1.01. The van der Waals surface area contributed by atoms with Gasteiger partial charge in [0, 0.05) is 6.42 Å². The molecule has 0 radical (unpaired) electrons. The summed E-state index contributed by atoms with van der Waals surface area (Å²) in [6.45, 7) is 3.47. The van der Waals surface area contributed by atoms with Crippen molar-refractivity contribution in [3.05, 3.63) is 0 Å². The van der Waals surface area contributed by atoms with Crippen molar-refractivity contribution in [1.82, 2.24) is 16.0 Å². The minimum atomic E-state index is -1.78. The maximum absolute atomic E-state index is 13.0. The molecule has 13 nitrogen and oxygen atoms in total. The highest BCUT2D eigenvalue weighted by atomic mass is 32.2. The van der Waals surface area contributed by atoms with E-state index in [0.29, 0.717) is 18.6 Å². The van der Waals surface area contributed by atoms with Crippen LogP contribution in [0, 0.1) is 5.92 Å². The standard InChI is InChI=1S/C20H34N4O9S/c1-4-10(2)16(24-17(29)11(21)7-8-34-3)19(31)22-12(5-6-14(25)26)18(30)23-13(20(32)33)9-15(27)28/h10-13,16H,4-9,21H2,1-3H3,(H,22,31)(H,23,30)(H,24,29)(H,25,26)(H,27,28)(H,32,33). The average Bonchev–Trinajstić information content (AvgIpc) is 2.76. The van der Waals surface area contributed by atoms with Gasteiger partial charge in [-0.3, -0.25) is 24.0 Å². The monoisotopic (exact) mass is 506 g/mol. The molecule has 0 spiro atoms. The molecule has 0 heterocycles. The van der Waals surface area contributed by atoms with Crippen LogP contribution in [0.2, 0.25) is 0 Å². The molecule has 0 rings (SSSR count). The molecule has 0 aliphatic rings. The van der Waals surface area contributed by atoms with Crippen LogP contribution >= 0.6 is 11.8 Å². The molecule has 8 N–H and O–H groups in total. The zero-order chi connectivity index (χ0) is 26.4. The molecule has 5 unspecified atom stereocenters. The van der Waals surface area contributed by atoms with Crippen molar-refractivity contribution in [1.29, 1.82) is 0 Å². The van der Waals surface area contributed by atoms with Crippen molar-refractivity contribution in [2.24, 2.45) is 11.7 Å². The van der Waals surface area contributed by atoms with Crippen LogP contribution in [0.4, 0.5) is 0 Å². The molecule has 0 aliphatic heterocycles. The Hall–Kier alpha value is -2.87. The van der Waals surface area contributed by atoms with Crippen LogP contribution in [0.5, 0.6) is 0 Å². The fraction of sp³-hybridized carbons (Fsp3) is 0.700. The van der Waals surface area contributed by atoms with Crippen molar-refractivity contribution in [2.45, 2.75) is 70.1 Å². The molecule has 0 aromatic rings. The molecule has 0 saturated heterocycles. The highest BCUT2D eigenvalue weighted by Gasteiger charge is 2.33. The van der Waals surface area contributed by atoms with E-state index in [4.69, 9.17) is 21.1 Å². The maximum Gasteiger partial charge on any atom is 0.326 e. The molecule has 3 amide bonds. The highest BCUT2D eigenvalue weighted by Crippen LogP contribution is 2.11. The van der Waals surface area contributed by atoms with Crippen molar-refractivity contribution in [3.8, 4) is 0 Å². The number of amides is 3. The van der Waals surface area contributed by atoms with Gasteiger partial charge in [0.05, 0.1) is 12.5 Å². The van der Waals surface area contributed by atoms with Crippen LogP contribution in [0.3, 0.4) is 0 Å². The minimum absolute atomic E-state index is 0.376. The summed E-state index contributed by atoms with van der Waals surface area (Å²) in [6.07, 6.45) is 0.874. The van der Waals surface area contributed by atoms with Gasteiger partial charge in [0.2, 0.25) is 17.7 Å². The Bertz CT molecular complexity index is 750. The fourth-order valence-corrected chi connectivity index (χ4v) is 3.27. The summed E-state index contributed by atoms with van der Waals surface area (Å²) >= 11 is 1.50. The maximum atomic E-state index is 13.0. The van der Waals surface area contributed by atoms with Crippen LogP contribution in [-0.4, -0.2) is 87.1 Å². The third kappa shape index (κ3) is 11.8. The summed E-state index contributed by atoms with van der Waals surface area (Å²) in [4.78, 5) is 71.1. The van der Waals surface area contributed by atoms with E-state index < -0.39 is 72.6 Å². The molecule has 14 heteroatoms. The second kappa shape index (κ2) is 15.9. The number of carboxylic acids is 3. The lowest BCUT2D eigenvalue weighted by molar-refractivity contribution is -0.147. The Balaban J connectivity index is 5.60. The van der Waals surface area contributed by atoms with Crippen LogP contribution in [0.1, 0.15) is 46.0 Å². The lowest BCUT2D eigenvalue weighted by Crippen LogP contribution is -2.58. The van der Waals surface area contributed by atoms with Gasteiger partial charge in [-0.2, -0.15) is 11.8 Å². The van der Waals surface area contributed by atoms with Gasteiger partial charge < -0.3 is 37.0 Å². The molecule has 0 saturated carbocycles. The summed E-state index contributed by atoms with van der Waals surface area (Å²) in [5.41, 5.74) is 5.86. The lowest BCUT2D eigenvalue weighted by atomic mass is 9.97. The van der Waals surface area contributed by atoms with E-state index in [2.05, 4.69) is 10.6 Å². The fourth-order valence-electron chi connectivity index (χ4n) is 2.78. The number of carbonyl (C=O) groups is 6. The summed E-state index contributed by atoms with van der Waals surface area (Å²) in [7, 11) is 0. The van der Waals surface area contributed by atoms with Gasteiger partial charge in [-0.25, -0.2) is 4.79 Å². The third-order valence-corrected chi connectivity index (χ3v) is 5.68. The number of hydrogen-bond donors (Lipinski definition) is 7. The van der Waals surface area contributed by atoms with Gasteiger partial charge >= 0.3 is 17.9 Å². The van der Waals surface area contributed by atoms with E-state index in [0.717, 1.165) is 0 Å². The Labute approximate surface area is 201 Å². The zero-order valence-electron chi connectivity index (χ0n) is 19.4. The number of aliphatic carboxylic acids is 3. The van der Waals surface area contributed by atoms with Gasteiger partial charge in [-0.15, -0.1) is 0 Å². The van der Waals surface area contributed by atoms with Crippen molar-refractivity contribution in [2.75, 3.05) is 12.0 Å². The first-order valence-electron chi connectivity index (χ1n) is 10.7. The van der Waals surface area contributed by atoms with Gasteiger partial charge in [0.1, 0.15) is 18.1 Å². The van der Waals surface area contributed by atoms with E-state index in [1.807, 2.05) is 11.6 Å². The van der Waals surface area contributed by atoms with Crippen LogP contribution in [0.25, 0.3) is 0 Å². The van der Waals surface area contributed by atoms with E-state index in [1.165, 1.54) is 11.8 Å². The first-order valence-corrected chi connectivity index (χ1v) is 12.0. The Morgan fingerprint density at radius 1 is 0.853 bits per heavy atom.